The fourth-order valence-corrected chi connectivity index (χ4v) is 4.23. The van der Waals surface area contributed by atoms with E-state index in [0.717, 1.165) is 15.5 Å². The van der Waals surface area contributed by atoms with Gasteiger partial charge in [0.05, 0.1) is 22.9 Å². The third-order valence-corrected chi connectivity index (χ3v) is 5.78. The SMILES string of the molecule is O=C(OCC(=O)N1N=C(c2cccs2)CC1c1cccs1)c1ccco1. The summed E-state index contributed by atoms with van der Waals surface area (Å²) < 4.78 is 10.0. The second-order valence-electron chi connectivity index (χ2n) is 5.55. The Labute approximate surface area is 157 Å². The molecule has 0 aliphatic carbocycles. The van der Waals surface area contributed by atoms with Gasteiger partial charge in [-0.3, -0.25) is 4.79 Å². The van der Waals surface area contributed by atoms with Crippen LogP contribution in [-0.2, 0) is 9.53 Å². The average Bonchev–Trinajstić information content (AvgIpc) is 3.42. The van der Waals surface area contributed by atoms with E-state index in [4.69, 9.17) is 9.15 Å². The standard InChI is InChI=1S/C18H14N2O4S2/c21-17(11-24-18(22)14-4-1-7-23-14)20-13(16-6-3-9-26-16)10-12(19-20)15-5-2-8-25-15/h1-9,13H,10-11H2. The number of nitrogens with zero attached hydrogens (tertiary/aromatic N) is 2. The number of hydrazone groups is 1. The summed E-state index contributed by atoms with van der Waals surface area (Å²) in [7, 11) is 0. The molecule has 1 aliphatic heterocycles. The smallest absolute Gasteiger partial charge is 0.374 e. The summed E-state index contributed by atoms with van der Waals surface area (Å²) in [6.45, 7) is -0.386. The van der Waals surface area contributed by atoms with E-state index in [2.05, 4.69) is 5.10 Å². The Balaban J connectivity index is 1.50. The lowest BCUT2D eigenvalue weighted by atomic mass is 10.1. The molecule has 1 unspecified atom stereocenters. The van der Waals surface area contributed by atoms with Crippen LogP contribution in [0.3, 0.4) is 0 Å². The van der Waals surface area contributed by atoms with Crippen molar-refractivity contribution >= 4 is 40.3 Å². The number of hydrogen-bond donors (Lipinski definition) is 0. The lowest BCUT2D eigenvalue weighted by molar-refractivity contribution is -0.136. The van der Waals surface area contributed by atoms with Gasteiger partial charge in [-0.05, 0) is 35.0 Å². The fourth-order valence-electron chi connectivity index (χ4n) is 2.69. The maximum absolute atomic E-state index is 12.7. The molecule has 0 saturated heterocycles. The van der Waals surface area contributed by atoms with E-state index in [9.17, 15) is 9.59 Å². The van der Waals surface area contributed by atoms with Crippen LogP contribution in [0.4, 0.5) is 0 Å². The van der Waals surface area contributed by atoms with Crippen molar-refractivity contribution in [2.45, 2.75) is 12.5 Å². The highest BCUT2D eigenvalue weighted by atomic mass is 32.1. The number of esters is 1. The minimum atomic E-state index is -0.669. The minimum absolute atomic E-state index is 0.0665. The van der Waals surface area contributed by atoms with Gasteiger partial charge >= 0.3 is 5.97 Å². The second-order valence-corrected chi connectivity index (χ2v) is 7.48. The number of amides is 1. The summed E-state index contributed by atoms with van der Waals surface area (Å²) in [5.41, 5.74) is 0.865. The van der Waals surface area contributed by atoms with Crippen molar-refractivity contribution in [3.63, 3.8) is 0 Å². The van der Waals surface area contributed by atoms with Gasteiger partial charge in [0.15, 0.2) is 6.61 Å². The Hall–Kier alpha value is -2.71. The molecule has 132 valence electrons. The molecule has 1 aliphatic rings. The third kappa shape index (κ3) is 3.33. The molecule has 26 heavy (non-hydrogen) atoms. The zero-order chi connectivity index (χ0) is 17.9. The lowest BCUT2D eigenvalue weighted by Gasteiger charge is -2.20. The van der Waals surface area contributed by atoms with Crippen LogP contribution in [0.5, 0.6) is 0 Å². The molecule has 0 spiro atoms. The van der Waals surface area contributed by atoms with Gasteiger partial charge in [0.1, 0.15) is 0 Å². The highest BCUT2D eigenvalue weighted by Crippen LogP contribution is 2.35. The Bertz CT molecular complexity index is 915. The van der Waals surface area contributed by atoms with Gasteiger partial charge in [-0.15, -0.1) is 22.7 Å². The molecule has 6 nitrogen and oxygen atoms in total. The number of furan rings is 1. The molecule has 4 heterocycles. The van der Waals surface area contributed by atoms with E-state index >= 15 is 0 Å². The number of ether oxygens (including phenoxy) is 1. The van der Waals surface area contributed by atoms with Gasteiger partial charge in [0, 0.05) is 11.3 Å². The summed E-state index contributed by atoms with van der Waals surface area (Å²) in [5, 5.41) is 9.89. The molecular formula is C18H14N2O4S2. The van der Waals surface area contributed by atoms with Crippen LogP contribution in [0.15, 0.2) is 62.9 Å². The van der Waals surface area contributed by atoms with E-state index in [0.29, 0.717) is 6.42 Å². The maximum Gasteiger partial charge on any atom is 0.374 e. The number of carbonyl (C=O) groups excluding carboxylic acids is 2. The molecular weight excluding hydrogens is 372 g/mol. The summed E-state index contributed by atoms with van der Waals surface area (Å²) >= 11 is 3.16. The van der Waals surface area contributed by atoms with Crippen LogP contribution in [0.2, 0.25) is 0 Å². The van der Waals surface area contributed by atoms with Crippen molar-refractivity contribution in [2.75, 3.05) is 6.61 Å². The maximum atomic E-state index is 12.7. The Morgan fingerprint density at radius 3 is 2.73 bits per heavy atom. The lowest BCUT2D eigenvalue weighted by Crippen LogP contribution is -2.31. The highest BCUT2D eigenvalue weighted by Gasteiger charge is 2.34. The summed E-state index contributed by atoms with van der Waals surface area (Å²) in [6.07, 6.45) is 2.02. The van der Waals surface area contributed by atoms with Crippen LogP contribution < -0.4 is 0 Å². The molecule has 0 saturated carbocycles. The Kier molecular flexibility index (Phi) is 4.68. The van der Waals surface area contributed by atoms with Gasteiger partial charge in [-0.25, -0.2) is 9.80 Å². The molecule has 3 aromatic heterocycles. The first-order valence-electron chi connectivity index (χ1n) is 7.90. The van der Waals surface area contributed by atoms with Gasteiger partial charge in [-0.1, -0.05) is 12.1 Å². The van der Waals surface area contributed by atoms with Crippen molar-refractivity contribution in [1.29, 1.82) is 0 Å². The second kappa shape index (κ2) is 7.27. The van der Waals surface area contributed by atoms with Gasteiger partial charge in [0.2, 0.25) is 5.76 Å². The van der Waals surface area contributed by atoms with Crippen molar-refractivity contribution in [1.82, 2.24) is 5.01 Å². The average molecular weight is 386 g/mol. The van der Waals surface area contributed by atoms with E-state index in [1.807, 2.05) is 35.0 Å². The minimum Gasteiger partial charge on any atom is -0.457 e. The van der Waals surface area contributed by atoms with E-state index in [1.165, 1.54) is 17.3 Å². The van der Waals surface area contributed by atoms with E-state index < -0.39 is 5.97 Å². The Morgan fingerprint density at radius 2 is 2.04 bits per heavy atom. The van der Waals surface area contributed by atoms with Crippen LogP contribution in [0, 0.1) is 0 Å². The molecule has 0 radical (unpaired) electrons. The molecule has 8 heteroatoms. The van der Waals surface area contributed by atoms with Crippen molar-refractivity contribution in [3.05, 3.63) is 68.9 Å². The predicted octanol–water partition coefficient (Wildman–Crippen LogP) is 3.94. The van der Waals surface area contributed by atoms with E-state index in [-0.39, 0.29) is 24.3 Å². The van der Waals surface area contributed by atoms with Gasteiger partial charge in [-0.2, -0.15) is 5.10 Å². The molecule has 0 bridgehead atoms. The van der Waals surface area contributed by atoms with E-state index in [1.54, 1.807) is 28.7 Å². The molecule has 0 fully saturated rings. The van der Waals surface area contributed by atoms with Crippen LogP contribution in [0.25, 0.3) is 0 Å². The van der Waals surface area contributed by atoms with Gasteiger partial charge < -0.3 is 9.15 Å². The number of carbonyl (C=O) groups is 2. The number of hydrogen-bond acceptors (Lipinski definition) is 7. The molecule has 0 N–H and O–H groups in total. The largest absolute Gasteiger partial charge is 0.457 e. The number of thiophene rings is 2. The fraction of sp³-hybridized carbons (Fsp3) is 0.167. The number of rotatable bonds is 5. The summed E-state index contributed by atoms with van der Waals surface area (Å²) in [6, 6.07) is 10.8. The van der Waals surface area contributed by atoms with Crippen LogP contribution >= 0.6 is 22.7 Å². The third-order valence-electron chi connectivity index (χ3n) is 3.89. The molecule has 3 aromatic rings. The summed E-state index contributed by atoms with van der Waals surface area (Å²) in [4.78, 5) is 26.6. The monoisotopic (exact) mass is 386 g/mol. The van der Waals surface area contributed by atoms with Crippen molar-refractivity contribution in [3.8, 4) is 0 Å². The first-order valence-corrected chi connectivity index (χ1v) is 9.66. The van der Waals surface area contributed by atoms with Crippen molar-refractivity contribution < 1.29 is 18.7 Å². The van der Waals surface area contributed by atoms with Crippen LogP contribution in [-0.4, -0.2) is 29.2 Å². The molecule has 1 atom stereocenters. The molecule has 0 aromatic carbocycles. The quantitative estimate of drug-likeness (QED) is 0.623. The molecule has 1 amide bonds. The summed E-state index contributed by atoms with van der Waals surface area (Å²) in [5.74, 6) is -0.968. The van der Waals surface area contributed by atoms with Crippen LogP contribution in [0.1, 0.15) is 32.8 Å². The zero-order valence-electron chi connectivity index (χ0n) is 13.5. The Morgan fingerprint density at radius 1 is 1.19 bits per heavy atom. The predicted molar refractivity (Wildman–Crippen MR) is 98.4 cm³/mol. The highest BCUT2D eigenvalue weighted by molar-refractivity contribution is 7.12. The zero-order valence-corrected chi connectivity index (χ0v) is 15.2. The van der Waals surface area contributed by atoms with Crippen molar-refractivity contribution in [2.24, 2.45) is 5.10 Å². The van der Waals surface area contributed by atoms with Gasteiger partial charge in [0.25, 0.3) is 5.91 Å². The normalized spacial score (nSPS) is 16.5. The molecule has 4 rings (SSSR count). The first-order chi connectivity index (χ1) is 12.7. The first kappa shape index (κ1) is 16.7. The topological polar surface area (TPSA) is 72.1 Å².